The molecule has 27 heavy (non-hydrogen) atoms. The molecule has 1 aliphatic rings. The van der Waals surface area contributed by atoms with E-state index >= 15 is 0 Å². The molecule has 0 aliphatic carbocycles. The van der Waals surface area contributed by atoms with Crippen molar-refractivity contribution in [1.82, 2.24) is 4.31 Å². The molecule has 144 valence electrons. The number of nitrogens with zero attached hydrogens (tertiary/aromatic N) is 1. The van der Waals surface area contributed by atoms with Crippen LogP contribution in [0.15, 0.2) is 52.3 Å². The van der Waals surface area contributed by atoms with Crippen LogP contribution in [0.2, 0.25) is 0 Å². The zero-order valence-electron chi connectivity index (χ0n) is 15.0. The number of sulfonamides is 1. The van der Waals surface area contributed by atoms with Crippen LogP contribution in [0.4, 0.5) is 5.69 Å². The highest BCUT2D eigenvalue weighted by atomic mass is 32.2. The van der Waals surface area contributed by atoms with E-state index in [1.807, 2.05) is 18.2 Å². The van der Waals surface area contributed by atoms with Gasteiger partial charge in [-0.05, 0) is 36.4 Å². The maximum atomic E-state index is 12.2. The summed E-state index contributed by atoms with van der Waals surface area (Å²) < 4.78 is 36.5. The van der Waals surface area contributed by atoms with Crippen molar-refractivity contribution in [1.29, 1.82) is 0 Å². The summed E-state index contributed by atoms with van der Waals surface area (Å²) in [6.07, 6.45) is 0. The van der Waals surface area contributed by atoms with Gasteiger partial charge >= 0.3 is 0 Å². The van der Waals surface area contributed by atoms with Gasteiger partial charge in [0.1, 0.15) is 13.2 Å². The van der Waals surface area contributed by atoms with Gasteiger partial charge in [0, 0.05) is 24.7 Å². The van der Waals surface area contributed by atoms with Crippen LogP contribution in [-0.2, 0) is 14.8 Å². The van der Waals surface area contributed by atoms with E-state index in [2.05, 4.69) is 5.32 Å². The van der Waals surface area contributed by atoms with E-state index in [1.54, 1.807) is 12.1 Å². The molecule has 0 aromatic heterocycles. The van der Waals surface area contributed by atoms with Gasteiger partial charge in [-0.3, -0.25) is 4.79 Å². The number of carbonyl (C=O) groups is 1. The Labute approximate surface area is 162 Å². The van der Waals surface area contributed by atoms with E-state index < -0.39 is 10.0 Å². The second-order valence-electron chi connectivity index (χ2n) is 5.96. The number of rotatable bonds is 6. The SMILES string of the molecule is CN(C)S(=O)(=O)c1cccc(NC(=O)CSc2ccc3c(c2)OCCO3)c1. The third kappa shape index (κ3) is 4.74. The Balaban J connectivity index is 1.61. The van der Waals surface area contributed by atoms with Gasteiger partial charge in [-0.25, -0.2) is 12.7 Å². The number of nitrogens with one attached hydrogen (secondary N) is 1. The van der Waals surface area contributed by atoms with Crippen LogP contribution in [0.3, 0.4) is 0 Å². The fourth-order valence-corrected chi connectivity index (χ4v) is 4.08. The van der Waals surface area contributed by atoms with Gasteiger partial charge in [0.05, 0.1) is 10.6 Å². The Hall–Kier alpha value is -2.23. The Morgan fingerprint density at radius 1 is 1.11 bits per heavy atom. The zero-order valence-corrected chi connectivity index (χ0v) is 16.6. The van der Waals surface area contributed by atoms with E-state index in [4.69, 9.17) is 9.47 Å². The summed E-state index contributed by atoms with van der Waals surface area (Å²) in [5.74, 6) is 1.33. The number of carbonyl (C=O) groups excluding carboxylic acids is 1. The second-order valence-corrected chi connectivity index (χ2v) is 9.16. The predicted octanol–water partition coefficient (Wildman–Crippen LogP) is 2.44. The molecule has 1 aliphatic heterocycles. The van der Waals surface area contributed by atoms with Gasteiger partial charge in [-0.15, -0.1) is 11.8 Å². The number of anilines is 1. The quantitative estimate of drug-likeness (QED) is 0.739. The van der Waals surface area contributed by atoms with E-state index in [1.165, 1.54) is 38.0 Å². The lowest BCUT2D eigenvalue weighted by Crippen LogP contribution is -2.22. The summed E-state index contributed by atoms with van der Waals surface area (Å²) in [5, 5.41) is 2.73. The molecule has 0 spiro atoms. The van der Waals surface area contributed by atoms with Crippen LogP contribution in [0, 0.1) is 0 Å². The number of benzene rings is 2. The fraction of sp³-hybridized carbons (Fsp3) is 0.278. The minimum atomic E-state index is -3.55. The lowest BCUT2D eigenvalue weighted by molar-refractivity contribution is -0.113. The largest absolute Gasteiger partial charge is 0.486 e. The topological polar surface area (TPSA) is 84.9 Å². The van der Waals surface area contributed by atoms with E-state index in [0.29, 0.717) is 30.4 Å². The average molecular weight is 409 g/mol. The molecule has 0 unspecified atom stereocenters. The van der Waals surface area contributed by atoms with Gasteiger partial charge in [0.2, 0.25) is 15.9 Å². The monoisotopic (exact) mass is 408 g/mol. The van der Waals surface area contributed by atoms with E-state index in [0.717, 1.165) is 9.20 Å². The molecule has 3 rings (SSSR count). The molecule has 0 fully saturated rings. The third-order valence-corrected chi connectivity index (χ3v) is 6.58. The maximum Gasteiger partial charge on any atom is 0.242 e. The first kappa shape index (κ1) is 19.5. The highest BCUT2D eigenvalue weighted by Gasteiger charge is 2.18. The number of fused-ring (bicyclic) bond motifs is 1. The van der Waals surface area contributed by atoms with E-state index in [-0.39, 0.29) is 16.6 Å². The fourth-order valence-electron chi connectivity index (χ4n) is 2.40. The standard InChI is InChI=1S/C18H20N2O5S2/c1-20(2)27(22,23)15-5-3-4-13(10-15)19-18(21)12-26-14-6-7-16-17(11-14)25-9-8-24-16/h3-7,10-11H,8-9,12H2,1-2H3,(H,19,21). The molecule has 0 atom stereocenters. The molecule has 9 heteroatoms. The van der Waals surface area contributed by atoms with Gasteiger partial charge in [0.25, 0.3) is 0 Å². The Kier molecular flexibility index (Phi) is 5.93. The summed E-state index contributed by atoms with van der Waals surface area (Å²) >= 11 is 1.36. The smallest absolute Gasteiger partial charge is 0.242 e. The van der Waals surface area contributed by atoms with Crippen LogP contribution < -0.4 is 14.8 Å². The molecule has 0 bridgehead atoms. The van der Waals surface area contributed by atoms with Gasteiger partial charge in [-0.2, -0.15) is 0 Å². The molecule has 0 radical (unpaired) electrons. The molecule has 0 saturated carbocycles. The number of hydrogen-bond donors (Lipinski definition) is 1. The molecular weight excluding hydrogens is 388 g/mol. The summed E-state index contributed by atoms with van der Waals surface area (Å²) in [7, 11) is -0.622. The van der Waals surface area contributed by atoms with Crippen molar-refractivity contribution in [2.24, 2.45) is 0 Å². The van der Waals surface area contributed by atoms with Crippen LogP contribution in [0.5, 0.6) is 11.5 Å². The lowest BCUT2D eigenvalue weighted by Gasteiger charge is -2.18. The van der Waals surface area contributed by atoms with Crippen molar-refractivity contribution in [3.05, 3.63) is 42.5 Å². The summed E-state index contributed by atoms with van der Waals surface area (Å²) in [5.41, 5.74) is 0.436. The lowest BCUT2D eigenvalue weighted by atomic mass is 10.3. The molecule has 2 aromatic carbocycles. The van der Waals surface area contributed by atoms with Crippen LogP contribution >= 0.6 is 11.8 Å². The van der Waals surface area contributed by atoms with E-state index in [9.17, 15) is 13.2 Å². The normalized spacial score (nSPS) is 13.4. The number of hydrogen-bond acceptors (Lipinski definition) is 6. The Morgan fingerprint density at radius 2 is 1.85 bits per heavy atom. The summed E-state index contributed by atoms with van der Waals surface area (Å²) in [6, 6.07) is 11.7. The van der Waals surface area contributed by atoms with Crippen molar-refractivity contribution in [3.63, 3.8) is 0 Å². The summed E-state index contributed by atoms with van der Waals surface area (Å²) in [4.78, 5) is 13.2. The highest BCUT2D eigenvalue weighted by Crippen LogP contribution is 2.34. The maximum absolute atomic E-state index is 12.2. The van der Waals surface area contributed by atoms with Gasteiger partial charge < -0.3 is 14.8 Å². The molecular formula is C18H20N2O5S2. The molecule has 0 saturated heterocycles. The zero-order chi connectivity index (χ0) is 19.4. The van der Waals surface area contributed by atoms with Gasteiger partial charge in [-0.1, -0.05) is 6.07 Å². The average Bonchev–Trinajstić information content (AvgIpc) is 2.66. The van der Waals surface area contributed by atoms with Crippen LogP contribution in [0.1, 0.15) is 0 Å². The molecule has 1 N–H and O–H groups in total. The molecule has 1 amide bonds. The molecule has 7 nitrogen and oxygen atoms in total. The van der Waals surface area contributed by atoms with Crippen molar-refractivity contribution in [3.8, 4) is 11.5 Å². The predicted molar refractivity (Wildman–Crippen MR) is 104 cm³/mol. The summed E-state index contributed by atoms with van der Waals surface area (Å²) in [6.45, 7) is 1.04. The highest BCUT2D eigenvalue weighted by molar-refractivity contribution is 8.00. The van der Waals surface area contributed by atoms with Crippen molar-refractivity contribution in [2.45, 2.75) is 9.79 Å². The minimum absolute atomic E-state index is 0.129. The number of ether oxygens (including phenoxy) is 2. The van der Waals surface area contributed by atoms with Crippen LogP contribution in [0.25, 0.3) is 0 Å². The third-order valence-electron chi connectivity index (χ3n) is 3.78. The first-order valence-corrected chi connectivity index (χ1v) is 10.6. The molecule has 2 aromatic rings. The number of thioether (sulfide) groups is 1. The minimum Gasteiger partial charge on any atom is -0.486 e. The van der Waals surface area contributed by atoms with Gasteiger partial charge in [0.15, 0.2) is 11.5 Å². The molecule has 1 heterocycles. The first-order valence-electron chi connectivity index (χ1n) is 8.21. The second kappa shape index (κ2) is 8.20. The van der Waals surface area contributed by atoms with Crippen molar-refractivity contribution in [2.75, 3.05) is 38.4 Å². The Morgan fingerprint density at radius 3 is 2.59 bits per heavy atom. The first-order chi connectivity index (χ1) is 12.9. The van der Waals surface area contributed by atoms with Crippen LogP contribution in [-0.4, -0.2) is 51.7 Å². The Bertz CT molecular complexity index is 945. The number of amides is 1. The van der Waals surface area contributed by atoms with Crippen molar-refractivity contribution >= 4 is 33.4 Å². The van der Waals surface area contributed by atoms with Crippen molar-refractivity contribution < 1.29 is 22.7 Å².